The summed E-state index contributed by atoms with van der Waals surface area (Å²) in [5.41, 5.74) is -0.875. The van der Waals surface area contributed by atoms with Gasteiger partial charge in [0.15, 0.2) is 0 Å². The van der Waals surface area contributed by atoms with Crippen molar-refractivity contribution in [3.05, 3.63) is 36.5 Å². The number of rotatable bonds is 5. The standard InChI is InChI=1S/C11H11F3N2O2/c1-2-5-16(7-10(17)18)9-4-3-8(6-15-9)11(12,13)14/h2-4,6H,1,5,7H2,(H,17,18). The topological polar surface area (TPSA) is 53.4 Å². The average molecular weight is 260 g/mol. The second kappa shape index (κ2) is 5.52. The van der Waals surface area contributed by atoms with Crippen LogP contribution in [-0.2, 0) is 11.0 Å². The lowest BCUT2D eigenvalue weighted by Crippen LogP contribution is -2.30. The van der Waals surface area contributed by atoms with Crippen LogP contribution in [0.1, 0.15) is 5.56 Å². The van der Waals surface area contributed by atoms with Gasteiger partial charge in [0.1, 0.15) is 12.4 Å². The third-order valence-electron chi connectivity index (χ3n) is 2.07. The van der Waals surface area contributed by atoms with E-state index in [-0.39, 0.29) is 18.9 Å². The van der Waals surface area contributed by atoms with Crippen LogP contribution in [0, 0.1) is 0 Å². The van der Waals surface area contributed by atoms with Crippen molar-refractivity contribution in [3.8, 4) is 0 Å². The van der Waals surface area contributed by atoms with Crippen molar-refractivity contribution >= 4 is 11.8 Å². The maximum atomic E-state index is 12.3. The molecular formula is C11H11F3N2O2. The zero-order chi connectivity index (χ0) is 13.8. The minimum absolute atomic E-state index is 0.158. The lowest BCUT2D eigenvalue weighted by atomic mass is 10.2. The van der Waals surface area contributed by atoms with E-state index in [1.165, 1.54) is 11.0 Å². The highest BCUT2D eigenvalue weighted by Crippen LogP contribution is 2.29. The van der Waals surface area contributed by atoms with Crippen LogP contribution < -0.4 is 4.90 Å². The third-order valence-corrected chi connectivity index (χ3v) is 2.07. The Bertz CT molecular complexity index is 429. The smallest absolute Gasteiger partial charge is 0.417 e. The van der Waals surface area contributed by atoms with E-state index in [4.69, 9.17) is 5.11 Å². The van der Waals surface area contributed by atoms with Gasteiger partial charge in [0.25, 0.3) is 0 Å². The fourth-order valence-corrected chi connectivity index (χ4v) is 1.30. The van der Waals surface area contributed by atoms with E-state index in [1.807, 2.05) is 0 Å². The van der Waals surface area contributed by atoms with Crippen molar-refractivity contribution in [2.75, 3.05) is 18.0 Å². The van der Waals surface area contributed by atoms with Gasteiger partial charge in [0.2, 0.25) is 0 Å². The number of alkyl halides is 3. The SMILES string of the molecule is C=CCN(CC(=O)O)c1ccc(C(F)(F)F)cn1. The fraction of sp³-hybridized carbons (Fsp3) is 0.273. The van der Waals surface area contributed by atoms with Gasteiger partial charge in [-0.2, -0.15) is 13.2 Å². The third kappa shape index (κ3) is 3.76. The van der Waals surface area contributed by atoms with Crippen molar-refractivity contribution < 1.29 is 23.1 Å². The van der Waals surface area contributed by atoms with Crippen LogP contribution in [0.15, 0.2) is 31.0 Å². The van der Waals surface area contributed by atoms with Gasteiger partial charge in [-0.15, -0.1) is 6.58 Å². The zero-order valence-electron chi connectivity index (χ0n) is 9.31. The second-order valence-electron chi connectivity index (χ2n) is 3.47. The number of nitrogens with zero attached hydrogens (tertiary/aromatic N) is 2. The lowest BCUT2D eigenvalue weighted by Gasteiger charge is -2.20. The Morgan fingerprint density at radius 2 is 2.17 bits per heavy atom. The molecule has 1 rings (SSSR count). The van der Waals surface area contributed by atoms with Crippen LogP contribution >= 0.6 is 0 Å². The number of aromatic nitrogens is 1. The summed E-state index contributed by atoms with van der Waals surface area (Å²) in [7, 11) is 0. The molecule has 0 spiro atoms. The fourth-order valence-electron chi connectivity index (χ4n) is 1.30. The van der Waals surface area contributed by atoms with Gasteiger partial charge in [-0.1, -0.05) is 6.08 Å². The number of hydrogen-bond donors (Lipinski definition) is 1. The van der Waals surface area contributed by atoms with Gasteiger partial charge in [-0.3, -0.25) is 4.79 Å². The van der Waals surface area contributed by atoms with E-state index in [1.54, 1.807) is 0 Å². The van der Waals surface area contributed by atoms with E-state index in [0.717, 1.165) is 12.1 Å². The van der Waals surface area contributed by atoms with E-state index in [9.17, 15) is 18.0 Å². The molecule has 0 atom stereocenters. The second-order valence-corrected chi connectivity index (χ2v) is 3.47. The summed E-state index contributed by atoms with van der Waals surface area (Å²) < 4.78 is 36.9. The van der Waals surface area contributed by atoms with Gasteiger partial charge in [0.05, 0.1) is 5.56 Å². The molecule has 0 aliphatic heterocycles. The number of pyridine rings is 1. The monoisotopic (exact) mass is 260 g/mol. The molecule has 1 N–H and O–H groups in total. The molecule has 0 aliphatic rings. The van der Waals surface area contributed by atoms with Gasteiger partial charge in [0, 0.05) is 12.7 Å². The zero-order valence-corrected chi connectivity index (χ0v) is 9.31. The first-order valence-corrected chi connectivity index (χ1v) is 4.95. The number of anilines is 1. The average Bonchev–Trinajstić information content (AvgIpc) is 2.27. The Morgan fingerprint density at radius 1 is 1.50 bits per heavy atom. The molecule has 1 heterocycles. The van der Waals surface area contributed by atoms with Gasteiger partial charge >= 0.3 is 12.1 Å². The Labute approximate surface area is 101 Å². The normalized spacial score (nSPS) is 11.1. The molecule has 0 aliphatic carbocycles. The highest BCUT2D eigenvalue weighted by molar-refractivity contribution is 5.73. The molecule has 0 radical (unpaired) electrons. The Hall–Kier alpha value is -2.05. The number of carboxylic acids is 1. The summed E-state index contributed by atoms with van der Waals surface area (Å²) >= 11 is 0. The van der Waals surface area contributed by atoms with Crippen molar-refractivity contribution in [2.45, 2.75) is 6.18 Å². The van der Waals surface area contributed by atoms with Crippen molar-refractivity contribution in [3.63, 3.8) is 0 Å². The first kappa shape index (κ1) is 14.0. The highest BCUT2D eigenvalue weighted by atomic mass is 19.4. The molecule has 0 unspecified atom stereocenters. The Kier molecular flexibility index (Phi) is 4.30. The van der Waals surface area contributed by atoms with Crippen molar-refractivity contribution in [1.82, 2.24) is 4.98 Å². The first-order valence-electron chi connectivity index (χ1n) is 4.95. The highest BCUT2D eigenvalue weighted by Gasteiger charge is 2.30. The van der Waals surface area contributed by atoms with E-state index >= 15 is 0 Å². The van der Waals surface area contributed by atoms with Crippen molar-refractivity contribution in [1.29, 1.82) is 0 Å². The molecule has 0 saturated carbocycles. The molecule has 1 aromatic rings. The quantitative estimate of drug-likeness (QED) is 0.824. The summed E-state index contributed by atoms with van der Waals surface area (Å²) in [6.45, 7) is 3.28. The van der Waals surface area contributed by atoms with E-state index in [2.05, 4.69) is 11.6 Å². The number of aliphatic carboxylic acids is 1. The molecule has 0 bridgehead atoms. The lowest BCUT2D eigenvalue weighted by molar-refractivity contribution is -0.138. The molecule has 98 valence electrons. The molecule has 7 heteroatoms. The number of carbonyl (C=O) groups is 1. The van der Waals surface area contributed by atoms with Crippen LogP contribution in [-0.4, -0.2) is 29.1 Å². The maximum absolute atomic E-state index is 12.3. The minimum atomic E-state index is -4.46. The van der Waals surface area contributed by atoms with Gasteiger partial charge < -0.3 is 10.0 Å². The summed E-state index contributed by atoms with van der Waals surface area (Å²) in [6, 6.07) is 2.00. The summed E-state index contributed by atoms with van der Waals surface area (Å²) in [5.74, 6) is -0.941. The molecule has 0 fully saturated rings. The number of carboxylic acid groups (broad SMARTS) is 1. The number of halogens is 3. The van der Waals surface area contributed by atoms with Crippen LogP contribution in [0.3, 0.4) is 0 Å². The summed E-state index contributed by atoms with van der Waals surface area (Å²) in [4.78, 5) is 15.5. The van der Waals surface area contributed by atoms with Crippen LogP contribution in [0.5, 0.6) is 0 Å². The van der Waals surface area contributed by atoms with Crippen LogP contribution in [0.4, 0.5) is 19.0 Å². The minimum Gasteiger partial charge on any atom is -0.480 e. The summed E-state index contributed by atoms with van der Waals surface area (Å²) in [6.07, 6.45) is -2.34. The molecule has 18 heavy (non-hydrogen) atoms. The van der Waals surface area contributed by atoms with E-state index in [0.29, 0.717) is 6.20 Å². The molecule has 0 amide bonds. The maximum Gasteiger partial charge on any atom is 0.417 e. The Balaban J connectivity index is 2.93. The molecule has 1 aromatic heterocycles. The predicted octanol–water partition coefficient (Wildman–Crippen LogP) is 2.18. The molecule has 4 nitrogen and oxygen atoms in total. The summed E-state index contributed by atoms with van der Waals surface area (Å²) in [5, 5.41) is 8.67. The molecule has 0 saturated heterocycles. The van der Waals surface area contributed by atoms with Crippen molar-refractivity contribution in [2.24, 2.45) is 0 Å². The van der Waals surface area contributed by atoms with Crippen LogP contribution in [0.2, 0.25) is 0 Å². The van der Waals surface area contributed by atoms with Gasteiger partial charge in [-0.25, -0.2) is 4.98 Å². The van der Waals surface area contributed by atoms with Gasteiger partial charge in [-0.05, 0) is 12.1 Å². The largest absolute Gasteiger partial charge is 0.480 e. The first-order chi connectivity index (χ1) is 8.34. The van der Waals surface area contributed by atoms with E-state index < -0.39 is 17.7 Å². The Morgan fingerprint density at radius 3 is 2.56 bits per heavy atom. The number of hydrogen-bond acceptors (Lipinski definition) is 3. The molecule has 0 aromatic carbocycles. The molecular weight excluding hydrogens is 249 g/mol. The van der Waals surface area contributed by atoms with Crippen LogP contribution in [0.25, 0.3) is 0 Å². The predicted molar refractivity (Wildman–Crippen MR) is 59.3 cm³/mol.